The molecule has 0 aromatic carbocycles. The van der Waals surface area contributed by atoms with Crippen LogP contribution in [0.25, 0.3) is 0 Å². The first-order valence-electron chi connectivity index (χ1n) is 9.74. The van der Waals surface area contributed by atoms with Crippen molar-refractivity contribution < 1.29 is 0 Å². The summed E-state index contributed by atoms with van der Waals surface area (Å²) in [5, 5.41) is 0. The van der Waals surface area contributed by atoms with E-state index in [2.05, 4.69) is 41.5 Å². The topological polar surface area (TPSA) is 0 Å². The molecule has 3 unspecified atom stereocenters. The molecular weight excluding hydrogens is 252 g/mol. The van der Waals surface area contributed by atoms with Crippen molar-refractivity contribution in [2.75, 3.05) is 0 Å². The fraction of sp³-hybridized carbons (Fsp3) is 0.952. The minimum Gasteiger partial charge on any atom is -0.0628 e. The Hall–Kier alpha value is 0. The molecule has 0 spiro atoms. The van der Waals surface area contributed by atoms with Gasteiger partial charge in [0.2, 0.25) is 0 Å². The molecule has 0 saturated carbocycles. The summed E-state index contributed by atoms with van der Waals surface area (Å²) in [6.45, 7) is 15.9. The predicted octanol–water partition coefficient (Wildman–Crippen LogP) is 7.68. The third-order valence-electron chi connectivity index (χ3n) is 4.96. The van der Waals surface area contributed by atoms with Gasteiger partial charge in [0.05, 0.1) is 0 Å². The van der Waals surface area contributed by atoms with E-state index in [-0.39, 0.29) is 0 Å². The van der Waals surface area contributed by atoms with Crippen LogP contribution >= 0.6 is 0 Å². The van der Waals surface area contributed by atoms with Crippen molar-refractivity contribution in [3.63, 3.8) is 0 Å². The number of hydrogen-bond acceptors (Lipinski definition) is 0. The molecule has 1 radical (unpaired) electrons. The van der Waals surface area contributed by atoms with E-state index in [1.165, 1.54) is 64.2 Å². The summed E-state index contributed by atoms with van der Waals surface area (Å²) in [6.07, 6.45) is 15.3. The molecule has 0 aliphatic carbocycles. The molecule has 21 heavy (non-hydrogen) atoms. The maximum absolute atomic E-state index is 3.96. The highest BCUT2D eigenvalue weighted by molar-refractivity contribution is 4.61. The molecule has 0 rings (SSSR count). The number of hydrogen-bond donors (Lipinski definition) is 0. The highest BCUT2D eigenvalue weighted by Gasteiger charge is 2.07. The monoisotopic (exact) mass is 295 g/mol. The van der Waals surface area contributed by atoms with Crippen LogP contribution in [-0.4, -0.2) is 0 Å². The Balaban J connectivity index is 3.45. The lowest BCUT2D eigenvalue weighted by Crippen LogP contribution is -2.01. The lowest BCUT2D eigenvalue weighted by molar-refractivity contribution is 0.375. The average Bonchev–Trinajstić information content (AvgIpc) is 2.38. The molecule has 0 aliphatic heterocycles. The van der Waals surface area contributed by atoms with Crippen LogP contribution < -0.4 is 0 Å². The predicted molar refractivity (Wildman–Crippen MR) is 98.5 cm³/mol. The van der Waals surface area contributed by atoms with Crippen LogP contribution in [0.15, 0.2) is 0 Å². The summed E-state index contributed by atoms with van der Waals surface area (Å²) >= 11 is 0. The van der Waals surface area contributed by atoms with Gasteiger partial charge >= 0.3 is 0 Å². The Morgan fingerprint density at radius 3 is 1.19 bits per heavy atom. The molecule has 0 amide bonds. The summed E-state index contributed by atoms with van der Waals surface area (Å²) in [6, 6.07) is 0. The second-order valence-electron chi connectivity index (χ2n) is 8.14. The first kappa shape index (κ1) is 21.0. The Bertz CT molecular complexity index is 206. The summed E-state index contributed by atoms with van der Waals surface area (Å²) in [7, 11) is 0. The zero-order valence-corrected chi connectivity index (χ0v) is 15.8. The summed E-state index contributed by atoms with van der Waals surface area (Å²) in [5.74, 6) is 3.63. The van der Waals surface area contributed by atoms with Crippen LogP contribution in [0.1, 0.15) is 105 Å². The Labute approximate surface area is 136 Å². The smallest absolute Gasteiger partial charge is 0.0443 e. The van der Waals surface area contributed by atoms with Gasteiger partial charge in [0.1, 0.15) is 0 Å². The summed E-state index contributed by atoms with van der Waals surface area (Å²) in [4.78, 5) is 0. The van der Waals surface area contributed by atoms with Crippen molar-refractivity contribution in [3.8, 4) is 0 Å². The first-order valence-corrected chi connectivity index (χ1v) is 9.74. The molecule has 0 nitrogen and oxygen atoms in total. The van der Waals surface area contributed by atoms with Gasteiger partial charge in [0.15, 0.2) is 0 Å². The number of rotatable bonds is 14. The third-order valence-corrected chi connectivity index (χ3v) is 4.96. The van der Waals surface area contributed by atoms with Gasteiger partial charge in [-0.3, -0.25) is 0 Å². The van der Waals surface area contributed by atoms with Crippen molar-refractivity contribution in [1.82, 2.24) is 0 Å². The Kier molecular flexibility index (Phi) is 13.6. The molecule has 0 aliphatic rings. The van der Waals surface area contributed by atoms with E-state index >= 15 is 0 Å². The quantitative estimate of drug-likeness (QED) is 0.308. The van der Waals surface area contributed by atoms with Crippen molar-refractivity contribution in [2.45, 2.75) is 105 Å². The van der Waals surface area contributed by atoms with Crippen LogP contribution in [0, 0.1) is 30.6 Å². The van der Waals surface area contributed by atoms with Gasteiger partial charge in [-0.2, -0.15) is 0 Å². The van der Waals surface area contributed by atoms with E-state index in [1.54, 1.807) is 0 Å². The van der Waals surface area contributed by atoms with Crippen LogP contribution in [0.2, 0.25) is 0 Å². The van der Waals surface area contributed by atoms with Crippen LogP contribution in [0.3, 0.4) is 0 Å². The fourth-order valence-electron chi connectivity index (χ4n) is 3.29. The third kappa shape index (κ3) is 14.7. The van der Waals surface area contributed by atoms with Gasteiger partial charge in [0.25, 0.3) is 0 Å². The van der Waals surface area contributed by atoms with Crippen molar-refractivity contribution in [3.05, 3.63) is 6.92 Å². The van der Waals surface area contributed by atoms with E-state index < -0.39 is 0 Å². The molecular formula is C21H43. The molecule has 0 heteroatoms. The molecule has 0 heterocycles. The molecule has 0 aromatic heterocycles. The average molecular weight is 296 g/mol. The van der Waals surface area contributed by atoms with Gasteiger partial charge in [-0.1, -0.05) is 112 Å². The minimum atomic E-state index is 0.878. The maximum Gasteiger partial charge on any atom is -0.0443 e. The van der Waals surface area contributed by atoms with Crippen LogP contribution in [0.5, 0.6) is 0 Å². The highest BCUT2D eigenvalue weighted by Crippen LogP contribution is 2.22. The summed E-state index contributed by atoms with van der Waals surface area (Å²) < 4.78 is 0. The highest BCUT2D eigenvalue weighted by atomic mass is 14.1. The Morgan fingerprint density at radius 1 is 0.524 bits per heavy atom. The molecule has 0 saturated heterocycles. The molecule has 3 atom stereocenters. The SMILES string of the molecule is [CH2]CCC(C)CCCC(C)CCCC(C)CCCC(C)C. The molecule has 0 bridgehead atoms. The van der Waals surface area contributed by atoms with E-state index in [0.29, 0.717) is 0 Å². The standard InChI is InChI=1S/C21H43/c1-7-11-19(4)14-9-15-21(6)17-10-16-20(5)13-8-12-18(2)3/h18-21H,1,7-17H2,2-6H3. The van der Waals surface area contributed by atoms with Crippen molar-refractivity contribution in [1.29, 1.82) is 0 Å². The van der Waals surface area contributed by atoms with Crippen LogP contribution in [0.4, 0.5) is 0 Å². The van der Waals surface area contributed by atoms with Crippen molar-refractivity contribution in [2.24, 2.45) is 23.7 Å². The molecule has 127 valence electrons. The fourth-order valence-corrected chi connectivity index (χ4v) is 3.29. The van der Waals surface area contributed by atoms with Crippen molar-refractivity contribution >= 4 is 0 Å². The second-order valence-corrected chi connectivity index (χ2v) is 8.14. The summed E-state index contributed by atoms with van der Waals surface area (Å²) in [5.41, 5.74) is 0. The molecule has 0 N–H and O–H groups in total. The lowest BCUT2D eigenvalue weighted by atomic mass is 9.90. The maximum atomic E-state index is 3.96. The first-order chi connectivity index (χ1) is 9.95. The van der Waals surface area contributed by atoms with Gasteiger partial charge in [-0.05, 0) is 23.7 Å². The zero-order valence-electron chi connectivity index (χ0n) is 15.8. The lowest BCUT2D eigenvalue weighted by Gasteiger charge is -2.16. The molecule has 0 aromatic rings. The van der Waals surface area contributed by atoms with E-state index in [1.807, 2.05) is 0 Å². The minimum absolute atomic E-state index is 0.878. The van der Waals surface area contributed by atoms with Gasteiger partial charge in [-0.15, -0.1) is 0 Å². The second kappa shape index (κ2) is 13.6. The van der Waals surface area contributed by atoms with Crippen LogP contribution in [-0.2, 0) is 0 Å². The van der Waals surface area contributed by atoms with E-state index in [4.69, 9.17) is 0 Å². The van der Waals surface area contributed by atoms with Gasteiger partial charge in [0, 0.05) is 0 Å². The van der Waals surface area contributed by atoms with Gasteiger partial charge < -0.3 is 0 Å². The molecule has 0 fully saturated rings. The van der Waals surface area contributed by atoms with Gasteiger partial charge in [-0.25, -0.2) is 0 Å². The van der Waals surface area contributed by atoms with E-state index in [0.717, 1.165) is 30.1 Å². The largest absolute Gasteiger partial charge is 0.0628 e. The van der Waals surface area contributed by atoms with E-state index in [9.17, 15) is 0 Å². The zero-order chi connectivity index (χ0) is 16.1. The normalized spacial score (nSPS) is 16.1. The Morgan fingerprint density at radius 2 is 0.857 bits per heavy atom.